The number of rotatable bonds is 4. The van der Waals surface area contributed by atoms with Gasteiger partial charge >= 0.3 is 0 Å². The van der Waals surface area contributed by atoms with Crippen LogP contribution >= 0.6 is 0 Å². The minimum absolute atomic E-state index is 0.497. The van der Waals surface area contributed by atoms with Gasteiger partial charge in [-0.3, -0.25) is 0 Å². The predicted molar refractivity (Wildman–Crippen MR) is 90.4 cm³/mol. The predicted octanol–water partition coefficient (Wildman–Crippen LogP) is 5.81. The molecule has 2 aromatic rings. The second-order valence-corrected chi connectivity index (χ2v) is 6.35. The van der Waals surface area contributed by atoms with E-state index in [9.17, 15) is 0 Å². The first kappa shape index (κ1) is 14.1. The summed E-state index contributed by atoms with van der Waals surface area (Å²) in [6, 6.07) is 22.0. The fourth-order valence-corrected chi connectivity index (χ4v) is 4.01. The summed E-state index contributed by atoms with van der Waals surface area (Å²) < 4.78 is 0. The van der Waals surface area contributed by atoms with Crippen molar-refractivity contribution in [2.24, 2.45) is 11.8 Å². The maximum Gasteiger partial charge on any atom is 0.0123 e. The van der Waals surface area contributed by atoms with E-state index < -0.39 is 0 Å². The van der Waals surface area contributed by atoms with E-state index in [1.165, 1.54) is 36.0 Å². The fourth-order valence-electron chi connectivity index (χ4n) is 4.01. The third-order valence-corrected chi connectivity index (χ3v) is 4.95. The monoisotopic (exact) mass is 276 g/mol. The molecular formula is C21H24. The summed E-state index contributed by atoms with van der Waals surface area (Å²) >= 11 is 0. The number of allylic oxidation sites excluding steroid dienone is 1. The maximum atomic E-state index is 4.26. The quantitative estimate of drug-likeness (QED) is 0.618. The van der Waals surface area contributed by atoms with Crippen LogP contribution in [0.4, 0.5) is 0 Å². The summed E-state index contributed by atoms with van der Waals surface area (Å²) in [7, 11) is 0. The van der Waals surface area contributed by atoms with Gasteiger partial charge in [0.1, 0.15) is 0 Å². The third kappa shape index (κ3) is 2.95. The molecule has 2 aromatic carbocycles. The van der Waals surface area contributed by atoms with E-state index in [2.05, 4.69) is 74.2 Å². The van der Waals surface area contributed by atoms with E-state index in [4.69, 9.17) is 0 Å². The van der Waals surface area contributed by atoms with Gasteiger partial charge in [-0.15, -0.1) is 0 Å². The van der Waals surface area contributed by atoms with Crippen LogP contribution in [0.2, 0.25) is 0 Å². The topological polar surface area (TPSA) is 0 Å². The summed E-state index contributed by atoms with van der Waals surface area (Å²) in [6.07, 6.45) is 3.94. The minimum Gasteiger partial charge on any atom is -0.0998 e. The Morgan fingerprint density at radius 2 is 1.43 bits per heavy atom. The van der Waals surface area contributed by atoms with Crippen LogP contribution in [-0.4, -0.2) is 0 Å². The molecule has 0 saturated heterocycles. The molecule has 0 nitrogen and oxygen atoms in total. The van der Waals surface area contributed by atoms with Crippen molar-refractivity contribution in [1.29, 1.82) is 0 Å². The first-order chi connectivity index (χ1) is 10.3. The third-order valence-electron chi connectivity index (χ3n) is 4.95. The van der Waals surface area contributed by atoms with Crippen LogP contribution in [-0.2, 0) is 0 Å². The molecule has 0 heteroatoms. The second kappa shape index (κ2) is 6.30. The van der Waals surface area contributed by atoms with Gasteiger partial charge in [-0.1, -0.05) is 79.2 Å². The SMILES string of the molecule is C=C(C)C1CCCC1C(c1ccccc1)c1ccccc1. The Bertz CT molecular complexity index is 542. The molecule has 0 radical (unpaired) electrons. The van der Waals surface area contributed by atoms with Crippen LogP contribution in [0.3, 0.4) is 0 Å². The van der Waals surface area contributed by atoms with Crippen molar-refractivity contribution in [3.8, 4) is 0 Å². The minimum atomic E-state index is 0.497. The van der Waals surface area contributed by atoms with Gasteiger partial charge in [0, 0.05) is 5.92 Å². The molecule has 21 heavy (non-hydrogen) atoms. The lowest BCUT2D eigenvalue weighted by molar-refractivity contribution is 0.395. The molecule has 2 unspecified atom stereocenters. The highest BCUT2D eigenvalue weighted by Gasteiger charge is 2.35. The number of benzene rings is 2. The molecule has 0 bridgehead atoms. The van der Waals surface area contributed by atoms with Gasteiger partial charge in [-0.05, 0) is 42.7 Å². The molecule has 2 atom stereocenters. The van der Waals surface area contributed by atoms with Gasteiger partial charge in [0.25, 0.3) is 0 Å². The van der Waals surface area contributed by atoms with E-state index in [-0.39, 0.29) is 0 Å². The summed E-state index contributed by atoms with van der Waals surface area (Å²) in [5.41, 5.74) is 4.25. The van der Waals surface area contributed by atoms with Crippen LogP contribution in [0.25, 0.3) is 0 Å². The summed E-state index contributed by atoms with van der Waals surface area (Å²) in [5, 5.41) is 0. The number of hydrogen-bond donors (Lipinski definition) is 0. The van der Waals surface area contributed by atoms with Crippen molar-refractivity contribution in [3.05, 3.63) is 83.9 Å². The van der Waals surface area contributed by atoms with E-state index in [1.54, 1.807) is 0 Å². The Kier molecular flexibility index (Phi) is 4.24. The Labute approximate surface area is 128 Å². The van der Waals surface area contributed by atoms with Gasteiger partial charge in [-0.2, -0.15) is 0 Å². The Hall–Kier alpha value is -1.82. The molecule has 3 rings (SSSR count). The Morgan fingerprint density at radius 3 is 1.90 bits per heavy atom. The van der Waals surface area contributed by atoms with E-state index in [0.29, 0.717) is 17.8 Å². The van der Waals surface area contributed by atoms with Crippen LogP contribution in [0.5, 0.6) is 0 Å². The highest BCUT2D eigenvalue weighted by atomic mass is 14.4. The lowest BCUT2D eigenvalue weighted by Gasteiger charge is -2.30. The van der Waals surface area contributed by atoms with Crippen LogP contribution in [0.1, 0.15) is 43.2 Å². The van der Waals surface area contributed by atoms with Gasteiger partial charge in [0.15, 0.2) is 0 Å². The first-order valence-corrected chi connectivity index (χ1v) is 8.02. The molecule has 0 N–H and O–H groups in total. The molecule has 1 fully saturated rings. The van der Waals surface area contributed by atoms with E-state index in [1.807, 2.05) is 0 Å². The Morgan fingerprint density at radius 1 is 0.905 bits per heavy atom. The zero-order chi connectivity index (χ0) is 14.7. The average Bonchev–Trinajstić information content (AvgIpc) is 2.99. The molecular weight excluding hydrogens is 252 g/mol. The van der Waals surface area contributed by atoms with Crippen molar-refractivity contribution in [1.82, 2.24) is 0 Å². The molecule has 0 spiro atoms. The molecule has 0 heterocycles. The van der Waals surface area contributed by atoms with E-state index in [0.717, 1.165) is 0 Å². The average molecular weight is 276 g/mol. The second-order valence-electron chi connectivity index (χ2n) is 6.35. The zero-order valence-electron chi connectivity index (χ0n) is 12.8. The molecule has 1 saturated carbocycles. The molecule has 108 valence electrons. The molecule has 1 aliphatic carbocycles. The van der Waals surface area contributed by atoms with Crippen molar-refractivity contribution in [2.45, 2.75) is 32.1 Å². The van der Waals surface area contributed by atoms with Gasteiger partial charge in [0.2, 0.25) is 0 Å². The summed E-state index contributed by atoms with van der Waals surface area (Å²) in [5.74, 6) is 1.85. The zero-order valence-corrected chi connectivity index (χ0v) is 12.8. The van der Waals surface area contributed by atoms with Crippen LogP contribution in [0, 0.1) is 11.8 Å². The van der Waals surface area contributed by atoms with Crippen molar-refractivity contribution in [3.63, 3.8) is 0 Å². The van der Waals surface area contributed by atoms with Crippen molar-refractivity contribution in [2.75, 3.05) is 0 Å². The van der Waals surface area contributed by atoms with E-state index >= 15 is 0 Å². The molecule has 0 amide bonds. The van der Waals surface area contributed by atoms with Gasteiger partial charge < -0.3 is 0 Å². The normalized spacial score (nSPS) is 21.6. The molecule has 1 aliphatic rings. The standard InChI is InChI=1S/C21H24/c1-16(2)19-14-9-15-20(19)21(17-10-5-3-6-11-17)18-12-7-4-8-13-18/h3-8,10-13,19-21H,1,9,14-15H2,2H3. The van der Waals surface area contributed by atoms with Crippen LogP contribution < -0.4 is 0 Å². The highest BCUT2D eigenvalue weighted by molar-refractivity contribution is 5.34. The highest BCUT2D eigenvalue weighted by Crippen LogP contribution is 2.47. The molecule has 0 aromatic heterocycles. The fraction of sp³-hybridized carbons (Fsp3) is 0.333. The van der Waals surface area contributed by atoms with Crippen molar-refractivity contribution < 1.29 is 0 Å². The number of hydrogen-bond acceptors (Lipinski definition) is 0. The van der Waals surface area contributed by atoms with Gasteiger partial charge in [0.05, 0.1) is 0 Å². The van der Waals surface area contributed by atoms with Gasteiger partial charge in [-0.25, -0.2) is 0 Å². The molecule has 0 aliphatic heterocycles. The lowest BCUT2D eigenvalue weighted by atomic mass is 9.74. The largest absolute Gasteiger partial charge is 0.0998 e. The van der Waals surface area contributed by atoms with Crippen LogP contribution in [0.15, 0.2) is 72.8 Å². The summed E-state index contributed by atoms with van der Waals surface area (Å²) in [6.45, 7) is 6.46. The Balaban J connectivity index is 2.03. The lowest BCUT2D eigenvalue weighted by Crippen LogP contribution is -2.19. The summed E-state index contributed by atoms with van der Waals surface area (Å²) in [4.78, 5) is 0. The smallest absolute Gasteiger partial charge is 0.0123 e. The maximum absolute atomic E-state index is 4.26. The van der Waals surface area contributed by atoms with Crippen molar-refractivity contribution >= 4 is 0 Å². The first-order valence-electron chi connectivity index (χ1n) is 8.02.